The Morgan fingerprint density at radius 3 is 2.80 bits per heavy atom. The lowest BCUT2D eigenvalue weighted by Gasteiger charge is -2.15. The summed E-state index contributed by atoms with van der Waals surface area (Å²) in [7, 11) is 0. The van der Waals surface area contributed by atoms with Crippen molar-refractivity contribution in [2.75, 3.05) is 13.3 Å². The van der Waals surface area contributed by atoms with Crippen LogP contribution >= 0.6 is 0 Å². The van der Waals surface area contributed by atoms with Crippen LogP contribution in [0, 0.1) is 18.6 Å². The van der Waals surface area contributed by atoms with Gasteiger partial charge in [0.15, 0.2) is 5.65 Å². The molecule has 1 fully saturated rings. The molecular formula is C21H19F2N5O2. The van der Waals surface area contributed by atoms with Gasteiger partial charge in [-0.3, -0.25) is 0 Å². The highest BCUT2D eigenvalue weighted by Gasteiger charge is 2.44. The summed E-state index contributed by atoms with van der Waals surface area (Å²) in [6, 6.07) is 4.23. The number of rotatable bonds is 3. The molecule has 3 heterocycles. The number of aryl methyl sites for hydroxylation is 1. The van der Waals surface area contributed by atoms with Crippen LogP contribution in [0.2, 0.25) is 0 Å². The van der Waals surface area contributed by atoms with Crippen molar-refractivity contribution in [1.82, 2.24) is 25.2 Å². The van der Waals surface area contributed by atoms with Crippen molar-refractivity contribution in [3.8, 4) is 0 Å². The van der Waals surface area contributed by atoms with Gasteiger partial charge in [0.05, 0.1) is 12.3 Å². The lowest BCUT2D eigenvalue weighted by molar-refractivity contribution is 0.146. The number of hydrogen-bond donors (Lipinski definition) is 2. The smallest absolute Gasteiger partial charge is 0.320 e. The average Bonchev–Trinajstić information content (AvgIpc) is 3.29. The van der Waals surface area contributed by atoms with Crippen LogP contribution < -0.4 is 10.6 Å². The molecule has 0 radical (unpaired) electrons. The summed E-state index contributed by atoms with van der Waals surface area (Å²) < 4.78 is 36.1. The molecule has 0 spiro atoms. The lowest BCUT2D eigenvalue weighted by atomic mass is 10.0. The molecule has 2 aliphatic rings. The quantitative estimate of drug-likeness (QED) is 0.694. The summed E-state index contributed by atoms with van der Waals surface area (Å²) in [5.41, 5.74) is 3.49. The van der Waals surface area contributed by atoms with E-state index in [4.69, 9.17) is 4.74 Å². The number of ether oxygens (including phenoxy) is 1. The molecule has 2 atom stereocenters. The van der Waals surface area contributed by atoms with Crippen LogP contribution in [0.3, 0.4) is 0 Å². The van der Waals surface area contributed by atoms with Gasteiger partial charge in [-0.25, -0.2) is 23.1 Å². The Morgan fingerprint density at radius 2 is 2.00 bits per heavy atom. The second-order valence-corrected chi connectivity index (χ2v) is 7.58. The fourth-order valence-electron chi connectivity index (χ4n) is 3.96. The first-order valence-electron chi connectivity index (χ1n) is 9.62. The normalized spacial score (nSPS) is 23.2. The number of halogens is 2. The fraction of sp³-hybridized carbons (Fsp3) is 0.286. The van der Waals surface area contributed by atoms with Gasteiger partial charge in [-0.2, -0.15) is 5.10 Å². The molecule has 7 nitrogen and oxygen atoms in total. The maximum Gasteiger partial charge on any atom is 0.320 e. The fourth-order valence-corrected chi connectivity index (χ4v) is 3.96. The summed E-state index contributed by atoms with van der Waals surface area (Å²) in [6.07, 6.45) is 5.53. The summed E-state index contributed by atoms with van der Waals surface area (Å²) in [5, 5.41) is 9.73. The number of amides is 2. The molecule has 1 aromatic carbocycles. The Labute approximate surface area is 170 Å². The Morgan fingerprint density at radius 1 is 1.20 bits per heavy atom. The van der Waals surface area contributed by atoms with E-state index in [1.807, 2.05) is 6.07 Å². The molecule has 2 aromatic heterocycles. The summed E-state index contributed by atoms with van der Waals surface area (Å²) in [5.74, 6) is -1.36. The second kappa shape index (κ2) is 7.17. The van der Waals surface area contributed by atoms with Crippen molar-refractivity contribution in [2.45, 2.75) is 25.2 Å². The van der Waals surface area contributed by atoms with E-state index in [1.165, 1.54) is 12.1 Å². The summed E-state index contributed by atoms with van der Waals surface area (Å²) in [6.45, 7) is 2.00. The van der Waals surface area contributed by atoms with Gasteiger partial charge in [-0.15, -0.1) is 0 Å². The minimum absolute atomic E-state index is 0.0744. The summed E-state index contributed by atoms with van der Waals surface area (Å²) >= 11 is 0. The lowest BCUT2D eigenvalue weighted by Crippen LogP contribution is -2.36. The molecule has 2 amide bonds. The van der Waals surface area contributed by atoms with Gasteiger partial charge in [-0.1, -0.05) is 0 Å². The van der Waals surface area contributed by atoms with Crippen LogP contribution in [-0.4, -0.2) is 34.0 Å². The predicted octanol–water partition coefficient (Wildman–Crippen LogP) is 3.21. The first kappa shape index (κ1) is 18.7. The molecule has 154 valence electrons. The van der Waals surface area contributed by atoms with Crippen molar-refractivity contribution in [1.29, 1.82) is 0 Å². The van der Waals surface area contributed by atoms with Crippen molar-refractivity contribution >= 4 is 17.3 Å². The minimum atomic E-state index is -0.514. The van der Waals surface area contributed by atoms with Crippen LogP contribution in [0.1, 0.15) is 40.6 Å². The highest BCUT2D eigenvalue weighted by atomic mass is 19.1. The van der Waals surface area contributed by atoms with Crippen LogP contribution in [0.25, 0.3) is 11.2 Å². The van der Waals surface area contributed by atoms with Gasteiger partial charge in [0.1, 0.15) is 18.4 Å². The molecule has 9 heteroatoms. The maximum absolute atomic E-state index is 14.5. The van der Waals surface area contributed by atoms with Crippen LogP contribution in [0.4, 0.5) is 13.6 Å². The number of benzene rings is 1. The van der Waals surface area contributed by atoms with Crippen molar-refractivity contribution in [3.05, 3.63) is 70.8 Å². The SMILES string of the molecule is Cc1cc(F)c([C@H]2C[C@@H]2c2cc(/C3=C/NC(=O)NCOC3)nn3ccnc23)c(F)c1. The van der Waals surface area contributed by atoms with E-state index in [1.54, 1.807) is 30.0 Å². The number of urea groups is 1. The second-order valence-electron chi connectivity index (χ2n) is 7.58. The van der Waals surface area contributed by atoms with Gasteiger partial charge >= 0.3 is 6.03 Å². The molecule has 0 bridgehead atoms. The van der Waals surface area contributed by atoms with E-state index in [0.717, 1.165) is 5.56 Å². The van der Waals surface area contributed by atoms with Crippen LogP contribution in [0.5, 0.6) is 0 Å². The Bertz CT molecular complexity index is 1170. The zero-order valence-corrected chi connectivity index (χ0v) is 16.2. The third-order valence-electron chi connectivity index (χ3n) is 5.47. The number of hydrogen-bond acceptors (Lipinski definition) is 4. The third kappa shape index (κ3) is 3.30. The molecular weight excluding hydrogens is 392 g/mol. The molecule has 0 unspecified atom stereocenters. The highest BCUT2D eigenvalue weighted by molar-refractivity contribution is 5.78. The Balaban J connectivity index is 1.54. The van der Waals surface area contributed by atoms with Crippen molar-refractivity contribution in [3.63, 3.8) is 0 Å². The maximum atomic E-state index is 14.5. The number of nitrogens with zero attached hydrogens (tertiary/aromatic N) is 3. The number of nitrogens with one attached hydrogen (secondary N) is 2. The van der Waals surface area contributed by atoms with Crippen LogP contribution in [-0.2, 0) is 4.74 Å². The molecule has 1 aliphatic heterocycles. The number of fused-ring (bicyclic) bond motifs is 1. The first-order valence-corrected chi connectivity index (χ1v) is 9.62. The van der Waals surface area contributed by atoms with E-state index in [2.05, 4.69) is 20.7 Å². The molecule has 1 saturated carbocycles. The number of carbonyl (C=O) groups is 1. The van der Waals surface area contributed by atoms with E-state index < -0.39 is 11.6 Å². The average molecular weight is 411 g/mol. The Hall–Kier alpha value is -3.33. The van der Waals surface area contributed by atoms with Gasteiger partial charge in [0.25, 0.3) is 0 Å². The zero-order chi connectivity index (χ0) is 20.8. The van der Waals surface area contributed by atoms with Crippen molar-refractivity contribution in [2.24, 2.45) is 0 Å². The minimum Gasteiger partial charge on any atom is -0.356 e. The van der Waals surface area contributed by atoms with E-state index in [0.29, 0.717) is 28.9 Å². The van der Waals surface area contributed by atoms with Gasteiger partial charge in [0.2, 0.25) is 0 Å². The predicted molar refractivity (Wildman–Crippen MR) is 105 cm³/mol. The highest BCUT2D eigenvalue weighted by Crippen LogP contribution is 2.56. The van der Waals surface area contributed by atoms with E-state index in [9.17, 15) is 13.6 Å². The molecule has 2 N–H and O–H groups in total. The molecule has 3 aromatic rings. The van der Waals surface area contributed by atoms with Gasteiger partial charge < -0.3 is 15.4 Å². The summed E-state index contributed by atoms with van der Waals surface area (Å²) in [4.78, 5) is 16.0. The van der Waals surface area contributed by atoms with E-state index in [-0.39, 0.29) is 36.8 Å². The monoisotopic (exact) mass is 411 g/mol. The van der Waals surface area contributed by atoms with Crippen LogP contribution in [0.15, 0.2) is 36.8 Å². The van der Waals surface area contributed by atoms with Crippen molar-refractivity contribution < 1.29 is 18.3 Å². The van der Waals surface area contributed by atoms with Gasteiger partial charge in [0, 0.05) is 35.3 Å². The zero-order valence-electron chi connectivity index (χ0n) is 16.2. The molecule has 30 heavy (non-hydrogen) atoms. The third-order valence-corrected chi connectivity index (χ3v) is 5.47. The number of imidazole rings is 1. The Kier molecular flexibility index (Phi) is 4.47. The molecule has 0 saturated heterocycles. The number of carbonyl (C=O) groups excluding carboxylic acids is 1. The van der Waals surface area contributed by atoms with Gasteiger partial charge in [-0.05, 0) is 48.9 Å². The standard InChI is InChI=1S/C21H19F2N5O2/c1-11-4-16(22)19(17(23)5-11)14-6-13(14)15-7-18(27-28-3-2-24-20(15)28)12-8-25-21(29)26-10-30-9-12/h2-5,7-8,13-14H,6,9-10H2,1H3,(H2,25,26,29)/b12-8+/t13-,14-/m0/s1. The topological polar surface area (TPSA) is 80.5 Å². The molecule has 1 aliphatic carbocycles. The first-order chi connectivity index (χ1) is 14.5. The van der Waals surface area contributed by atoms with E-state index >= 15 is 0 Å². The number of aromatic nitrogens is 3. The largest absolute Gasteiger partial charge is 0.356 e. The molecule has 5 rings (SSSR count).